The van der Waals surface area contributed by atoms with Crippen molar-refractivity contribution in [1.29, 1.82) is 0 Å². The number of esters is 1. The van der Waals surface area contributed by atoms with E-state index in [2.05, 4.69) is 10.6 Å². The van der Waals surface area contributed by atoms with Crippen LogP contribution in [0.25, 0.3) is 0 Å². The van der Waals surface area contributed by atoms with E-state index in [0.29, 0.717) is 9.90 Å². The Morgan fingerprint density at radius 3 is 2.18 bits per heavy atom. The van der Waals surface area contributed by atoms with Crippen LogP contribution in [0.3, 0.4) is 0 Å². The molecule has 0 aliphatic carbocycles. The van der Waals surface area contributed by atoms with E-state index in [4.69, 9.17) is 49.0 Å². The van der Waals surface area contributed by atoms with Gasteiger partial charge in [-0.1, -0.05) is 40.9 Å². The Morgan fingerprint density at radius 1 is 0.941 bits per heavy atom. The van der Waals surface area contributed by atoms with Crippen LogP contribution in [0.15, 0.2) is 41.8 Å². The van der Waals surface area contributed by atoms with Crippen LogP contribution in [-0.4, -0.2) is 38.6 Å². The maximum absolute atomic E-state index is 12.8. The summed E-state index contributed by atoms with van der Waals surface area (Å²) in [6.45, 7) is -0.652. The van der Waals surface area contributed by atoms with E-state index in [1.807, 2.05) is 0 Å². The second-order valence-corrected chi connectivity index (χ2v) is 8.75. The van der Waals surface area contributed by atoms with Crippen LogP contribution < -0.4 is 20.1 Å². The highest BCUT2D eigenvalue weighted by molar-refractivity contribution is 7.12. The van der Waals surface area contributed by atoms with E-state index in [9.17, 15) is 14.4 Å². The van der Waals surface area contributed by atoms with Gasteiger partial charge in [0.25, 0.3) is 11.8 Å². The minimum absolute atomic E-state index is 0.0436. The molecule has 2 N–H and O–H groups in total. The molecule has 0 saturated heterocycles. The summed E-state index contributed by atoms with van der Waals surface area (Å²) in [6, 6.07) is 8.94. The lowest BCUT2D eigenvalue weighted by Gasteiger charge is -2.15. The van der Waals surface area contributed by atoms with E-state index >= 15 is 0 Å². The lowest BCUT2D eigenvalue weighted by molar-refractivity contribution is -0.119. The highest BCUT2D eigenvalue weighted by Gasteiger charge is 2.22. The van der Waals surface area contributed by atoms with Gasteiger partial charge in [0.1, 0.15) is 0 Å². The number of rotatable bonds is 8. The number of anilines is 2. The zero-order valence-corrected chi connectivity index (χ0v) is 20.8. The van der Waals surface area contributed by atoms with Gasteiger partial charge in [-0.25, -0.2) is 4.79 Å². The van der Waals surface area contributed by atoms with E-state index in [-0.39, 0.29) is 38.5 Å². The van der Waals surface area contributed by atoms with Crippen LogP contribution >= 0.6 is 46.1 Å². The number of thiophene rings is 1. The first-order valence-electron chi connectivity index (χ1n) is 9.45. The molecule has 3 rings (SSSR count). The van der Waals surface area contributed by atoms with E-state index in [1.165, 1.54) is 49.8 Å². The molecule has 2 amide bonds. The van der Waals surface area contributed by atoms with Crippen molar-refractivity contribution in [3.63, 3.8) is 0 Å². The van der Waals surface area contributed by atoms with Gasteiger partial charge >= 0.3 is 5.97 Å². The highest BCUT2D eigenvalue weighted by atomic mass is 35.5. The summed E-state index contributed by atoms with van der Waals surface area (Å²) in [7, 11) is 2.81. The third-order valence-corrected chi connectivity index (χ3v) is 6.03. The van der Waals surface area contributed by atoms with Crippen molar-refractivity contribution < 1.29 is 28.6 Å². The Morgan fingerprint density at radius 2 is 1.59 bits per heavy atom. The lowest BCUT2D eigenvalue weighted by atomic mass is 10.1. The van der Waals surface area contributed by atoms with Gasteiger partial charge in [-0.3, -0.25) is 9.59 Å². The van der Waals surface area contributed by atoms with E-state index < -0.39 is 24.4 Å². The number of methoxy groups -OCH3 is 2. The zero-order valence-electron chi connectivity index (χ0n) is 17.7. The Balaban J connectivity index is 1.78. The molecule has 8 nitrogen and oxygen atoms in total. The minimum Gasteiger partial charge on any atom is -0.493 e. The van der Waals surface area contributed by atoms with Gasteiger partial charge in [0.05, 0.1) is 46.1 Å². The molecule has 0 bridgehead atoms. The molecule has 0 radical (unpaired) electrons. The van der Waals surface area contributed by atoms with Crippen molar-refractivity contribution in [2.45, 2.75) is 0 Å². The predicted octanol–water partition coefficient (Wildman–Crippen LogP) is 5.77. The molecular weight excluding hydrogens is 527 g/mol. The Bertz CT molecular complexity index is 1210. The van der Waals surface area contributed by atoms with Crippen molar-refractivity contribution >= 4 is 75.3 Å². The molecule has 0 aliphatic heterocycles. The van der Waals surface area contributed by atoms with Gasteiger partial charge in [-0.15, -0.1) is 11.3 Å². The monoisotopic (exact) mass is 542 g/mol. The van der Waals surface area contributed by atoms with Crippen molar-refractivity contribution in [2.75, 3.05) is 31.5 Å². The van der Waals surface area contributed by atoms with Crippen molar-refractivity contribution in [3.8, 4) is 11.5 Å². The Hall–Kier alpha value is -2.98. The molecule has 0 unspecified atom stereocenters. The largest absolute Gasteiger partial charge is 0.493 e. The van der Waals surface area contributed by atoms with Gasteiger partial charge in [0.2, 0.25) is 0 Å². The van der Waals surface area contributed by atoms with Gasteiger partial charge in [0, 0.05) is 17.2 Å². The number of amides is 2. The fourth-order valence-corrected chi connectivity index (χ4v) is 4.32. The number of nitrogens with one attached hydrogen (secondary N) is 2. The number of halogens is 3. The second kappa shape index (κ2) is 11.4. The van der Waals surface area contributed by atoms with Gasteiger partial charge in [-0.05, 0) is 23.6 Å². The molecule has 0 spiro atoms. The number of carbonyl (C=O) groups excluding carboxylic acids is 3. The topological polar surface area (TPSA) is 103 Å². The first kappa shape index (κ1) is 25.6. The molecule has 0 saturated carbocycles. The third kappa shape index (κ3) is 6.12. The van der Waals surface area contributed by atoms with Crippen LogP contribution in [-0.2, 0) is 9.53 Å². The maximum Gasteiger partial charge on any atom is 0.340 e. The molecule has 3 aromatic rings. The van der Waals surface area contributed by atoms with E-state index in [0.717, 1.165) is 0 Å². The van der Waals surface area contributed by atoms with Crippen molar-refractivity contribution in [2.24, 2.45) is 0 Å². The Kier molecular flexibility index (Phi) is 8.62. The molecule has 1 aromatic heterocycles. The summed E-state index contributed by atoms with van der Waals surface area (Å²) in [6.07, 6.45) is 0. The first-order valence-corrected chi connectivity index (χ1v) is 11.5. The molecule has 0 aliphatic rings. The zero-order chi connectivity index (χ0) is 24.8. The summed E-state index contributed by atoms with van der Waals surface area (Å²) in [5, 5.41) is 7.41. The molecule has 178 valence electrons. The van der Waals surface area contributed by atoms with Gasteiger partial charge in [-0.2, -0.15) is 0 Å². The summed E-state index contributed by atoms with van der Waals surface area (Å²) in [4.78, 5) is 38.1. The van der Waals surface area contributed by atoms with Crippen LogP contribution in [0.2, 0.25) is 15.1 Å². The summed E-state index contributed by atoms with van der Waals surface area (Å²) < 4.78 is 15.6. The average Bonchev–Trinajstić information content (AvgIpc) is 3.34. The molecule has 12 heteroatoms. The van der Waals surface area contributed by atoms with Crippen LogP contribution in [0.4, 0.5) is 11.4 Å². The van der Waals surface area contributed by atoms with Crippen molar-refractivity contribution in [3.05, 3.63) is 67.3 Å². The number of ether oxygens (including phenoxy) is 3. The van der Waals surface area contributed by atoms with E-state index in [1.54, 1.807) is 17.5 Å². The predicted molar refractivity (Wildman–Crippen MR) is 132 cm³/mol. The fourth-order valence-electron chi connectivity index (χ4n) is 2.79. The molecule has 0 fully saturated rings. The van der Waals surface area contributed by atoms with Gasteiger partial charge < -0.3 is 24.8 Å². The first-order chi connectivity index (χ1) is 16.2. The number of hydrogen-bond donors (Lipinski definition) is 2. The lowest BCUT2D eigenvalue weighted by Crippen LogP contribution is -2.22. The summed E-state index contributed by atoms with van der Waals surface area (Å²) in [5.41, 5.74) is 0.201. The SMILES string of the molecule is COc1cc(NC(=O)c2cccs2)c(C(=O)OCC(=O)Nc2c(Cl)cc(Cl)cc2Cl)cc1OC. The van der Waals surface area contributed by atoms with Crippen LogP contribution in [0, 0.1) is 0 Å². The molecule has 1 heterocycles. The average molecular weight is 544 g/mol. The third-order valence-electron chi connectivity index (χ3n) is 4.34. The highest BCUT2D eigenvalue weighted by Crippen LogP contribution is 2.35. The summed E-state index contributed by atoms with van der Waals surface area (Å²) >= 11 is 19.2. The molecule has 34 heavy (non-hydrogen) atoms. The number of hydrogen-bond acceptors (Lipinski definition) is 7. The number of benzene rings is 2. The molecule has 0 atom stereocenters. The summed E-state index contributed by atoms with van der Waals surface area (Å²) in [5.74, 6) is -1.49. The molecular formula is C22H17Cl3N2O6S. The normalized spacial score (nSPS) is 10.4. The maximum atomic E-state index is 12.8. The smallest absolute Gasteiger partial charge is 0.340 e. The minimum atomic E-state index is -0.883. The second-order valence-electron chi connectivity index (χ2n) is 6.55. The van der Waals surface area contributed by atoms with Crippen molar-refractivity contribution in [1.82, 2.24) is 0 Å². The standard InChI is InChI=1S/C22H17Cl3N2O6S/c1-31-16-8-12(15(9-17(16)32-2)26-21(29)18-4-3-5-34-18)22(30)33-10-19(28)27-20-13(24)6-11(23)7-14(20)25/h3-9H,10H2,1-2H3,(H,26,29)(H,27,28). The molecule has 2 aromatic carbocycles. The fraction of sp³-hybridized carbons (Fsp3) is 0.136. The van der Waals surface area contributed by atoms with Crippen LogP contribution in [0.5, 0.6) is 11.5 Å². The van der Waals surface area contributed by atoms with Gasteiger partial charge in [0.15, 0.2) is 18.1 Å². The number of carbonyl (C=O) groups is 3. The van der Waals surface area contributed by atoms with Crippen LogP contribution in [0.1, 0.15) is 20.0 Å². The quantitative estimate of drug-likeness (QED) is 0.350. The Labute approximate surface area is 213 Å².